The number of aromatic nitrogens is 2. The number of nitrogens with zero attached hydrogens (tertiary/aromatic N) is 3. The molecule has 1 amide bonds. The normalized spacial score (nSPS) is 11.0. The fraction of sp³-hybridized carbons (Fsp3) is 0.250. The van der Waals surface area contributed by atoms with Crippen LogP contribution in [0.3, 0.4) is 0 Å². The molecule has 0 saturated carbocycles. The summed E-state index contributed by atoms with van der Waals surface area (Å²) < 4.78 is 2.97. The number of aryl methyl sites for hydroxylation is 1. The molecule has 3 rings (SSSR count). The number of rotatable bonds is 3. The second kappa shape index (κ2) is 5.33. The van der Waals surface area contributed by atoms with Crippen LogP contribution in [0.5, 0.6) is 0 Å². The third-order valence-electron chi connectivity index (χ3n) is 3.80. The van der Waals surface area contributed by atoms with E-state index in [0.29, 0.717) is 6.54 Å². The molecule has 108 valence electrons. The quantitative estimate of drug-likeness (QED) is 0.745. The number of amides is 1. The molecule has 0 aliphatic heterocycles. The van der Waals surface area contributed by atoms with Crippen LogP contribution in [0.1, 0.15) is 21.6 Å². The van der Waals surface area contributed by atoms with E-state index in [1.54, 1.807) is 16.2 Å². The van der Waals surface area contributed by atoms with Crippen LogP contribution in [0.15, 0.2) is 35.8 Å². The van der Waals surface area contributed by atoms with Gasteiger partial charge in [-0.05, 0) is 13.0 Å². The van der Waals surface area contributed by atoms with Crippen LogP contribution < -0.4 is 0 Å². The largest absolute Gasteiger partial charge is 0.337 e. The van der Waals surface area contributed by atoms with E-state index >= 15 is 0 Å². The van der Waals surface area contributed by atoms with Crippen LogP contribution in [-0.4, -0.2) is 27.6 Å². The van der Waals surface area contributed by atoms with Crippen LogP contribution in [0, 0.1) is 6.92 Å². The number of carbonyl (C=O) groups excluding carboxylic acids is 1. The van der Waals surface area contributed by atoms with Crippen LogP contribution in [-0.2, 0) is 13.6 Å². The summed E-state index contributed by atoms with van der Waals surface area (Å²) in [6, 6.07) is 8.01. The highest BCUT2D eigenvalue weighted by Gasteiger charge is 2.17. The first-order valence-corrected chi connectivity index (χ1v) is 7.65. The molecule has 0 aliphatic rings. The van der Waals surface area contributed by atoms with E-state index in [2.05, 4.69) is 5.10 Å². The number of hydrogen-bond donors (Lipinski definition) is 0. The van der Waals surface area contributed by atoms with Crippen LogP contribution in [0.2, 0.25) is 0 Å². The van der Waals surface area contributed by atoms with Gasteiger partial charge in [0.15, 0.2) is 0 Å². The van der Waals surface area contributed by atoms with Crippen molar-refractivity contribution in [3.63, 3.8) is 0 Å². The third kappa shape index (κ3) is 2.45. The summed E-state index contributed by atoms with van der Waals surface area (Å²) in [5.74, 6) is 0.0516. The number of benzene rings is 1. The Morgan fingerprint density at radius 3 is 2.86 bits per heavy atom. The molecular weight excluding hydrogens is 282 g/mol. The SMILES string of the molecule is Cc1c(CN(C)C(=O)c2csc3ccccc23)cnn1C. The van der Waals surface area contributed by atoms with Gasteiger partial charge in [-0.1, -0.05) is 18.2 Å². The van der Waals surface area contributed by atoms with Gasteiger partial charge in [0.1, 0.15) is 0 Å². The Hall–Kier alpha value is -2.14. The van der Waals surface area contributed by atoms with Gasteiger partial charge in [-0.25, -0.2) is 0 Å². The zero-order valence-electron chi connectivity index (χ0n) is 12.3. The molecule has 0 radical (unpaired) electrons. The molecule has 0 aliphatic carbocycles. The van der Waals surface area contributed by atoms with E-state index in [1.165, 1.54) is 0 Å². The van der Waals surface area contributed by atoms with Gasteiger partial charge in [0.25, 0.3) is 5.91 Å². The molecule has 2 aromatic heterocycles. The van der Waals surface area contributed by atoms with E-state index < -0.39 is 0 Å². The zero-order valence-corrected chi connectivity index (χ0v) is 13.1. The summed E-state index contributed by atoms with van der Waals surface area (Å²) in [5.41, 5.74) is 2.94. The minimum absolute atomic E-state index is 0.0516. The van der Waals surface area contributed by atoms with E-state index in [4.69, 9.17) is 0 Å². The summed E-state index contributed by atoms with van der Waals surface area (Å²) in [6.45, 7) is 2.59. The van der Waals surface area contributed by atoms with Crippen LogP contribution in [0.4, 0.5) is 0 Å². The minimum Gasteiger partial charge on any atom is -0.337 e. The minimum atomic E-state index is 0.0516. The average molecular weight is 299 g/mol. The highest BCUT2D eigenvalue weighted by molar-refractivity contribution is 7.17. The molecule has 2 heterocycles. The lowest BCUT2D eigenvalue weighted by molar-refractivity contribution is 0.0787. The van der Waals surface area contributed by atoms with E-state index in [-0.39, 0.29) is 5.91 Å². The zero-order chi connectivity index (χ0) is 15.0. The van der Waals surface area contributed by atoms with Gasteiger partial charge in [0.2, 0.25) is 0 Å². The lowest BCUT2D eigenvalue weighted by atomic mass is 10.1. The second-order valence-electron chi connectivity index (χ2n) is 5.19. The molecule has 5 heteroatoms. The molecule has 4 nitrogen and oxygen atoms in total. The van der Waals surface area contributed by atoms with Crippen molar-refractivity contribution in [2.45, 2.75) is 13.5 Å². The number of carbonyl (C=O) groups is 1. The molecule has 0 atom stereocenters. The van der Waals surface area contributed by atoms with Gasteiger partial charge < -0.3 is 4.90 Å². The van der Waals surface area contributed by atoms with Gasteiger partial charge in [-0.3, -0.25) is 9.48 Å². The Balaban J connectivity index is 1.86. The summed E-state index contributed by atoms with van der Waals surface area (Å²) in [7, 11) is 3.74. The monoisotopic (exact) mass is 299 g/mol. The summed E-state index contributed by atoms with van der Waals surface area (Å²) in [5, 5.41) is 7.20. The molecule has 0 spiro atoms. The van der Waals surface area contributed by atoms with E-state index in [0.717, 1.165) is 26.9 Å². The predicted molar refractivity (Wildman–Crippen MR) is 85.6 cm³/mol. The van der Waals surface area contributed by atoms with Crippen molar-refractivity contribution in [1.82, 2.24) is 14.7 Å². The lowest BCUT2D eigenvalue weighted by Gasteiger charge is -2.16. The van der Waals surface area contributed by atoms with Crippen LogP contribution in [0.25, 0.3) is 10.1 Å². The van der Waals surface area contributed by atoms with Crippen molar-refractivity contribution >= 4 is 27.3 Å². The number of thiophene rings is 1. The maximum Gasteiger partial charge on any atom is 0.255 e. The fourth-order valence-electron chi connectivity index (χ4n) is 2.38. The van der Waals surface area contributed by atoms with Gasteiger partial charge >= 0.3 is 0 Å². The summed E-state index contributed by atoms with van der Waals surface area (Å²) >= 11 is 1.61. The van der Waals surface area contributed by atoms with Gasteiger partial charge in [-0.15, -0.1) is 11.3 Å². The summed E-state index contributed by atoms with van der Waals surface area (Å²) in [6.07, 6.45) is 1.82. The molecule has 0 unspecified atom stereocenters. The smallest absolute Gasteiger partial charge is 0.255 e. The summed E-state index contributed by atoms with van der Waals surface area (Å²) in [4.78, 5) is 14.4. The molecule has 0 N–H and O–H groups in total. The van der Waals surface area contributed by atoms with Crippen molar-refractivity contribution < 1.29 is 4.79 Å². The Labute approximate surface area is 127 Å². The molecule has 1 aromatic carbocycles. The first-order valence-electron chi connectivity index (χ1n) is 6.77. The van der Waals surface area contributed by atoms with Gasteiger partial charge in [-0.2, -0.15) is 5.10 Å². The Kier molecular flexibility index (Phi) is 3.51. The van der Waals surface area contributed by atoms with E-state index in [9.17, 15) is 4.79 Å². The van der Waals surface area contributed by atoms with Crippen molar-refractivity contribution in [2.24, 2.45) is 7.05 Å². The van der Waals surface area contributed by atoms with Gasteiger partial charge in [0.05, 0.1) is 11.8 Å². The number of hydrogen-bond acceptors (Lipinski definition) is 3. The Morgan fingerprint density at radius 2 is 2.14 bits per heavy atom. The lowest BCUT2D eigenvalue weighted by Crippen LogP contribution is -2.26. The van der Waals surface area contributed by atoms with Crippen molar-refractivity contribution in [3.8, 4) is 0 Å². The first-order chi connectivity index (χ1) is 10.1. The Morgan fingerprint density at radius 1 is 1.38 bits per heavy atom. The predicted octanol–water partition coefficient (Wildman–Crippen LogP) is 3.22. The molecule has 0 saturated heterocycles. The standard InChI is InChI=1S/C16H17N3OS/c1-11-12(8-17-19(11)3)9-18(2)16(20)14-10-21-15-7-5-4-6-13(14)15/h4-8,10H,9H2,1-3H3. The van der Waals surface area contributed by atoms with Crippen molar-refractivity contribution in [1.29, 1.82) is 0 Å². The number of fused-ring (bicyclic) bond motifs is 1. The second-order valence-corrected chi connectivity index (χ2v) is 6.10. The third-order valence-corrected chi connectivity index (χ3v) is 4.77. The van der Waals surface area contributed by atoms with Gasteiger partial charge in [0, 0.05) is 47.4 Å². The Bertz CT molecular complexity index is 803. The topological polar surface area (TPSA) is 38.1 Å². The molecule has 21 heavy (non-hydrogen) atoms. The highest BCUT2D eigenvalue weighted by atomic mass is 32.1. The van der Waals surface area contributed by atoms with E-state index in [1.807, 2.05) is 61.5 Å². The molecule has 3 aromatic rings. The molecule has 0 bridgehead atoms. The maximum absolute atomic E-state index is 12.6. The highest BCUT2D eigenvalue weighted by Crippen LogP contribution is 2.26. The fourth-order valence-corrected chi connectivity index (χ4v) is 3.31. The van der Waals surface area contributed by atoms with Crippen molar-refractivity contribution in [2.75, 3.05) is 7.05 Å². The molecular formula is C16H17N3OS. The molecule has 0 fully saturated rings. The maximum atomic E-state index is 12.6. The van der Waals surface area contributed by atoms with Crippen molar-refractivity contribution in [3.05, 3.63) is 52.7 Å². The first kappa shape index (κ1) is 13.8. The van der Waals surface area contributed by atoms with Crippen LogP contribution >= 0.6 is 11.3 Å². The average Bonchev–Trinajstić information content (AvgIpc) is 3.05.